The molecule has 44 heavy (non-hydrogen) atoms. The Kier molecular flexibility index (Phi) is 18.2. The van der Waals surface area contributed by atoms with Crippen LogP contribution in [0.3, 0.4) is 0 Å². The van der Waals surface area contributed by atoms with Crippen molar-refractivity contribution in [2.45, 2.75) is 173 Å². The van der Waals surface area contributed by atoms with Crippen molar-refractivity contribution in [2.75, 3.05) is 0 Å². The van der Waals surface area contributed by atoms with Crippen molar-refractivity contribution in [1.82, 2.24) is 9.55 Å². The first-order valence-corrected chi connectivity index (χ1v) is 18.8. The van der Waals surface area contributed by atoms with Crippen molar-refractivity contribution in [2.24, 2.45) is 0 Å². The molecular formula is C42H66N2. The summed E-state index contributed by atoms with van der Waals surface area (Å²) in [5, 5.41) is 0. The highest BCUT2D eigenvalue weighted by Gasteiger charge is 2.39. The van der Waals surface area contributed by atoms with Crippen LogP contribution in [0.2, 0.25) is 0 Å². The highest BCUT2D eigenvalue weighted by molar-refractivity contribution is 5.33. The zero-order valence-electron chi connectivity index (χ0n) is 29.0. The predicted molar refractivity (Wildman–Crippen MR) is 193 cm³/mol. The summed E-state index contributed by atoms with van der Waals surface area (Å²) in [5.74, 6) is 1.69. The Morgan fingerprint density at radius 1 is 0.591 bits per heavy atom. The second-order valence-electron chi connectivity index (χ2n) is 13.8. The lowest BCUT2D eigenvalue weighted by Gasteiger charge is -2.39. The van der Waals surface area contributed by atoms with Crippen LogP contribution in [0.4, 0.5) is 0 Å². The molecule has 0 saturated heterocycles. The van der Waals surface area contributed by atoms with Crippen molar-refractivity contribution in [1.29, 1.82) is 0 Å². The van der Waals surface area contributed by atoms with E-state index < -0.39 is 0 Å². The van der Waals surface area contributed by atoms with E-state index in [1.54, 1.807) is 0 Å². The van der Waals surface area contributed by atoms with Crippen molar-refractivity contribution in [3.05, 3.63) is 90.0 Å². The lowest BCUT2D eigenvalue weighted by atomic mass is 9.66. The maximum Gasteiger partial charge on any atom is 0.112 e. The van der Waals surface area contributed by atoms with Gasteiger partial charge in [0.05, 0.1) is 0 Å². The van der Waals surface area contributed by atoms with Gasteiger partial charge >= 0.3 is 0 Å². The van der Waals surface area contributed by atoms with E-state index in [4.69, 9.17) is 4.98 Å². The molecule has 2 atom stereocenters. The Hall–Kier alpha value is -2.35. The van der Waals surface area contributed by atoms with Crippen molar-refractivity contribution < 1.29 is 0 Å². The van der Waals surface area contributed by atoms with Gasteiger partial charge in [-0.3, -0.25) is 0 Å². The van der Waals surface area contributed by atoms with Gasteiger partial charge in [0.15, 0.2) is 0 Å². The molecule has 2 nitrogen and oxygen atoms in total. The average Bonchev–Trinajstić information content (AvgIpc) is 3.51. The third kappa shape index (κ3) is 12.9. The standard InChI is InChI=1S/C42H66N2/c1-4-6-8-10-11-12-13-14-15-16-17-18-20-28-35-44-36-34-43-41(44)40(33-27-19-9-7-5-2)42(3,39-31-25-22-26-32-39)37-38-29-23-21-24-30-38/h21-26,29-32,34,36,40H,4-20,27-28,33,35,37H2,1-3H3. The number of unbranched alkanes of at least 4 members (excludes halogenated alkanes) is 17. The molecule has 0 amide bonds. The van der Waals surface area contributed by atoms with Gasteiger partial charge in [0.2, 0.25) is 0 Å². The van der Waals surface area contributed by atoms with Gasteiger partial charge in [-0.25, -0.2) is 4.98 Å². The summed E-state index contributed by atoms with van der Waals surface area (Å²) in [7, 11) is 0. The Labute approximate surface area is 272 Å². The summed E-state index contributed by atoms with van der Waals surface area (Å²) in [5.41, 5.74) is 2.83. The van der Waals surface area contributed by atoms with Gasteiger partial charge in [-0.1, -0.05) is 197 Å². The quantitative estimate of drug-likeness (QED) is 0.0840. The van der Waals surface area contributed by atoms with Crippen LogP contribution in [0.5, 0.6) is 0 Å². The van der Waals surface area contributed by atoms with Crippen molar-refractivity contribution in [3.63, 3.8) is 0 Å². The molecule has 0 N–H and O–H groups in total. The van der Waals surface area contributed by atoms with E-state index in [9.17, 15) is 0 Å². The van der Waals surface area contributed by atoms with Crippen LogP contribution in [0.25, 0.3) is 0 Å². The van der Waals surface area contributed by atoms with E-state index in [2.05, 4.69) is 98.4 Å². The van der Waals surface area contributed by atoms with Gasteiger partial charge in [-0.05, 0) is 30.4 Å². The SMILES string of the molecule is CCCCCCCCCCCCCCCCn1ccnc1C(CCCCCCC)C(C)(Cc1ccccc1)c1ccccc1. The molecule has 0 radical (unpaired) electrons. The number of benzene rings is 2. The highest BCUT2D eigenvalue weighted by atomic mass is 15.1. The number of hydrogen-bond acceptors (Lipinski definition) is 1. The Bertz CT molecular complexity index is 1070. The summed E-state index contributed by atoms with van der Waals surface area (Å²) < 4.78 is 2.52. The largest absolute Gasteiger partial charge is 0.335 e. The third-order valence-electron chi connectivity index (χ3n) is 10.0. The van der Waals surface area contributed by atoms with Crippen LogP contribution in [-0.4, -0.2) is 9.55 Å². The van der Waals surface area contributed by atoms with Gasteiger partial charge in [0, 0.05) is 30.3 Å². The number of aromatic nitrogens is 2. The molecule has 1 aromatic heterocycles. The summed E-state index contributed by atoms with van der Waals surface area (Å²) in [6.07, 6.45) is 32.8. The zero-order chi connectivity index (χ0) is 31.1. The molecule has 0 bridgehead atoms. The highest BCUT2D eigenvalue weighted by Crippen LogP contribution is 2.44. The second kappa shape index (κ2) is 22.2. The molecule has 0 fully saturated rings. The minimum atomic E-state index is -0.0218. The number of rotatable bonds is 26. The van der Waals surface area contributed by atoms with Gasteiger partial charge in [-0.15, -0.1) is 0 Å². The van der Waals surface area contributed by atoms with E-state index >= 15 is 0 Å². The molecule has 0 aliphatic heterocycles. The maximum atomic E-state index is 5.11. The van der Waals surface area contributed by atoms with Gasteiger partial charge in [0.1, 0.15) is 5.82 Å². The molecule has 0 aliphatic carbocycles. The zero-order valence-corrected chi connectivity index (χ0v) is 29.0. The first-order chi connectivity index (χ1) is 21.7. The molecule has 3 aromatic rings. The molecule has 2 unspecified atom stereocenters. The summed E-state index contributed by atoms with van der Waals surface area (Å²) in [6, 6.07) is 22.4. The Morgan fingerprint density at radius 3 is 1.61 bits per heavy atom. The van der Waals surface area contributed by atoms with Crippen molar-refractivity contribution in [3.8, 4) is 0 Å². The second-order valence-corrected chi connectivity index (χ2v) is 13.8. The van der Waals surface area contributed by atoms with Crippen LogP contribution in [0.1, 0.15) is 172 Å². The molecule has 0 saturated carbocycles. The first-order valence-electron chi connectivity index (χ1n) is 18.8. The molecule has 3 rings (SSSR count). The van der Waals surface area contributed by atoms with Crippen LogP contribution in [-0.2, 0) is 18.4 Å². The molecule has 1 heterocycles. The lowest BCUT2D eigenvalue weighted by Crippen LogP contribution is -2.35. The molecular weight excluding hydrogens is 532 g/mol. The number of imidazole rings is 1. The minimum absolute atomic E-state index is 0.0218. The van der Waals surface area contributed by atoms with Crippen LogP contribution in [0.15, 0.2) is 73.1 Å². The van der Waals surface area contributed by atoms with E-state index in [-0.39, 0.29) is 5.41 Å². The fraction of sp³-hybridized carbons (Fsp3) is 0.643. The van der Waals surface area contributed by atoms with Gasteiger partial charge in [-0.2, -0.15) is 0 Å². The number of hydrogen-bond donors (Lipinski definition) is 0. The van der Waals surface area contributed by atoms with E-state index in [0.717, 1.165) is 13.0 Å². The normalized spacial score (nSPS) is 13.6. The number of nitrogens with zero attached hydrogens (tertiary/aromatic N) is 2. The third-order valence-corrected chi connectivity index (χ3v) is 10.0. The van der Waals surface area contributed by atoms with Crippen LogP contribution >= 0.6 is 0 Å². The van der Waals surface area contributed by atoms with Crippen LogP contribution in [0, 0.1) is 0 Å². The number of aryl methyl sites for hydroxylation is 1. The van der Waals surface area contributed by atoms with Crippen LogP contribution < -0.4 is 0 Å². The van der Waals surface area contributed by atoms with Gasteiger partial charge < -0.3 is 4.57 Å². The minimum Gasteiger partial charge on any atom is -0.335 e. The van der Waals surface area contributed by atoms with Gasteiger partial charge in [0.25, 0.3) is 0 Å². The smallest absolute Gasteiger partial charge is 0.112 e. The Balaban J connectivity index is 1.57. The molecule has 2 aromatic carbocycles. The molecule has 0 aliphatic rings. The summed E-state index contributed by atoms with van der Waals surface area (Å²) in [6.45, 7) is 8.22. The van der Waals surface area contributed by atoms with Crippen molar-refractivity contribution >= 4 is 0 Å². The predicted octanol–water partition coefficient (Wildman–Crippen LogP) is 13.0. The van der Waals surface area contributed by atoms with E-state index in [1.165, 1.54) is 145 Å². The summed E-state index contributed by atoms with van der Waals surface area (Å²) in [4.78, 5) is 5.11. The lowest BCUT2D eigenvalue weighted by molar-refractivity contribution is 0.321. The monoisotopic (exact) mass is 599 g/mol. The average molecular weight is 599 g/mol. The van der Waals surface area contributed by atoms with E-state index in [0.29, 0.717) is 5.92 Å². The fourth-order valence-corrected chi connectivity index (χ4v) is 7.25. The first kappa shape index (κ1) is 36.1. The molecule has 2 heteroatoms. The van der Waals surface area contributed by atoms with E-state index in [1.807, 2.05) is 0 Å². The maximum absolute atomic E-state index is 5.11. The molecule has 0 spiro atoms. The fourth-order valence-electron chi connectivity index (χ4n) is 7.25. The summed E-state index contributed by atoms with van der Waals surface area (Å²) >= 11 is 0. The topological polar surface area (TPSA) is 17.8 Å². The Morgan fingerprint density at radius 2 is 1.07 bits per heavy atom. The molecule has 244 valence electrons.